The van der Waals surface area contributed by atoms with Gasteiger partial charge in [0.25, 0.3) is 11.8 Å². The van der Waals surface area contributed by atoms with Crippen LogP contribution in [-0.2, 0) is 14.3 Å². The molecule has 3 N–H and O–H groups in total. The van der Waals surface area contributed by atoms with Gasteiger partial charge in [-0.15, -0.1) is 0 Å². The number of para-hydroxylation sites is 1. The summed E-state index contributed by atoms with van der Waals surface area (Å²) in [4.78, 5) is 48.9. The highest BCUT2D eigenvalue weighted by Gasteiger charge is 2.16. The number of halogens is 1. The Hall–Kier alpha value is -3.39. The predicted octanol–water partition coefficient (Wildman–Crippen LogP) is 5.82. The van der Waals surface area contributed by atoms with Crippen molar-refractivity contribution < 1.29 is 23.9 Å². The molecular formula is C28H36ClN3O5. The normalized spacial score (nSPS) is 10.4. The molecule has 2 aromatic rings. The fourth-order valence-electron chi connectivity index (χ4n) is 3.62. The van der Waals surface area contributed by atoms with Crippen LogP contribution in [0.2, 0.25) is 5.02 Å². The first-order valence-corrected chi connectivity index (χ1v) is 13.2. The number of carbonyl (C=O) groups is 4. The summed E-state index contributed by atoms with van der Waals surface area (Å²) < 4.78 is 5.06. The number of unbranched alkanes of at least 4 members (excludes halogenated alkanes) is 8. The molecular weight excluding hydrogens is 494 g/mol. The molecule has 0 aliphatic heterocycles. The highest BCUT2D eigenvalue weighted by Crippen LogP contribution is 2.17. The van der Waals surface area contributed by atoms with Gasteiger partial charge in [0.15, 0.2) is 6.61 Å². The minimum atomic E-state index is -0.766. The Morgan fingerprint density at radius 1 is 0.757 bits per heavy atom. The van der Waals surface area contributed by atoms with Crippen LogP contribution in [0.4, 0.5) is 5.69 Å². The molecule has 0 bridgehead atoms. The van der Waals surface area contributed by atoms with Gasteiger partial charge in [0, 0.05) is 17.0 Å². The zero-order valence-corrected chi connectivity index (χ0v) is 22.1. The quantitative estimate of drug-likeness (QED) is 0.153. The summed E-state index contributed by atoms with van der Waals surface area (Å²) in [6.45, 7) is 1.60. The number of hydrazine groups is 1. The van der Waals surface area contributed by atoms with Crippen LogP contribution in [0.1, 0.15) is 91.8 Å². The molecule has 37 heavy (non-hydrogen) atoms. The summed E-state index contributed by atoms with van der Waals surface area (Å²) in [6, 6.07) is 12.6. The summed E-state index contributed by atoms with van der Waals surface area (Å²) in [7, 11) is 0. The minimum absolute atomic E-state index is 0.140. The summed E-state index contributed by atoms with van der Waals surface area (Å²) in [5, 5.41) is 3.24. The van der Waals surface area contributed by atoms with Crippen molar-refractivity contribution in [2.75, 3.05) is 11.9 Å². The van der Waals surface area contributed by atoms with Gasteiger partial charge < -0.3 is 10.1 Å². The maximum atomic E-state index is 12.5. The van der Waals surface area contributed by atoms with Crippen molar-refractivity contribution in [2.24, 2.45) is 0 Å². The van der Waals surface area contributed by atoms with E-state index in [0.29, 0.717) is 22.7 Å². The molecule has 0 saturated carbocycles. The SMILES string of the molecule is CCCCCCCCCCCC(=O)Nc1ccccc1C(=O)OCC(=O)NNC(=O)c1ccc(Cl)cc1. The van der Waals surface area contributed by atoms with E-state index in [1.807, 2.05) is 0 Å². The monoisotopic (exact) mass is 529 g/mol. The van der Waals surface area contributed by atoms with E-state index in [4.69, 9.17) is 16.3 Å². The lowest BCUT2D eigenvalue weighted by atomic mass is 10.1. The number of rotatable bonds is 15. The third-order valence-corrected chi connectivity index (χ3v) is 5.94. The number of amides is 3. The summed E-state index contributed by atoms with van der Waals surface area (Å²) >= 11 is 5.79. The summed E-state index contributed by atoms with van der Waals surface area (Å²) in [5.74, 6) is -2.21. The van der Waals surface area contributed by atoms with Gasteiger partial charge in [-0.2, -0.15) is 0 Å². The van der Waals surface area contributed by atoms with E-state index in [1.54, 1.807) is 30.3 Å². The zero-order chi connectivity index (χ0) is 26.9. The number of anilines is 1. The molecule has 0 aromatic heterocycles. The van der Waals surface area contributed by atoms with Crippen LogP contribution in [0.25, 0.3) is 0 Å². The molecule has 0 unspecified atom stereocenters. The molecule has 0 spiro atoms. The summed E-state index contributed by atoms with van der Waals surface area (Å²) in [6.07, 6.45) is 10.8. The topological polar surface area (TPSA) is 114 Å². The average Bonchev–Trinajstić information content (AvgIpc) is 2.90. The number of esters is 1. The lowest BCUT2D eigenvalue weighted by molar-refractivity contribution is -0.125. The first-order valence-electron chi connectivity index (χ1n) is 12.8. The standard InChI is InChI=1S/C28H36ClN3O5/c1-2-3-4-5-6-7-8-9-10-15-25(33)30-24-14-12-11-13-23(24)28(36)37-20-26(34)31-32-27(35)21-16-18-22(29)19-17-21/h11-14,16-19H,2-10,15,20H2,1H3,(H,30,33)(H,31,34)(H,32,35). The fraction of sp³-hybridized carbons (Fsp3) is 0.429. The van der Waals surface area contributed by atoms with Gasteiger partial charge in [-0.25, -0.2) is 4.79 Å². The molecule has 0 heterocycles. The van der Waals surface area contributed by atoms with Gasteiger partial charge in [-0.1, -0.05) is 82.0 Å². The first-order chi connectivity index (χ1) is 17.9. The Morgan fingerprint density at radius 2 is 1.38 bits per heavy atom. The van der Waals surface area contributed by atoms with Crippen molar-refractivity contribution in [1.29, 1.82) is 0 Å². The van der Waals surface area contributed by atoms with Crippen molar-refractivity contribution in [3.63, 3.8) is 0 Å². The van der Waals surface area contributed by atoms with E-state index in [9.17, 15) is 19.2 Å². The Balaban J connectivity index is 1.70. The molecule has 0 aliphatic carbocycles. The van der Waals surface area contributed by atoms with Crippen LogP contribution >= 0.6 is 11.6 Å². The number of hydrogen-bond donors (Lipinski definition) is 3. The van der Waals surface area contributed by atoms with E-state index in [0.717, 1.165) is 19.3 Å². The Kier molecular flexibility index (Phi) is 13.8. The number of ether oxygens (including phenoxy) is 1. The second kappa shape index (κ2) is 17.1. The van der Waals surface area contributed by atoms with Crippen LogP contribution in [0.15, 0.2) is 48.5 Å². The first kappa shape index (κ1) is 29.8. The van der Waals surface area contributed by atoms with Gasteiger partial charge in [-0.3, -0.25) is 25.2 Å². The average molecular weight is 530 g/mol. The van der Waals surface area contributed by atoms with Crippen LogP contribution in [0.3, 0.4) is 0 Å². The van der Waals surface area contributed by atoms with E-state index in [-0.39, 0.29) is 11.5 Å². The van der Waals surface area contributed by atoms with Gasteiger partial charge in [0.2, 0.25) is 5.91 Å². The van der Waals surface area contributed by atoms with Gasteiger partial charge >= 0.3 is 5.97 Å². The second-order valence-electron chi connectivity index (χ2n) is 8.76. The van der Waals surface area contributed by atoms with E-state index in [2.05, 4.69) is 23.1 Å². The van der Waals surface area contributed by atoms with Crippen molar-refractivity contribution in [3.05, 3.63) is 64.7 Å². The molecule has 2 rings (SSSR count). The largest absolute Gasteiger partial charge is 0.452 e. The van der Waals surface area contributed by atoms with Crippen LogP contribution < -0.4 is 16.2 Å². The van der Waals surface area contributed by atoms with Crippen LogP contribution in [-0.4, -0.2) is 30.3 Å². The number of nitrogens with one attached hydrogen (secondary N) is 3. The van der Waals surface area contributed by atoms with Gasteiger partial charge in [-0.05, 0) is 42.8 Å². The van der Waals surface area contributed by atoms with E-state index < -0.39 is 24.4 Å². The molecule has 3 amide bonds. The third-order valence-electron chi connectivity index (χ3n) is 5.68. The highest BCUT2D eigenvalue weighted by molar-refractivity contribution is 6.30. The fourth-order valence-corrected chi connectivity index (χ4v) is 3.75. The van der Waals surface area contributed by atoms with Gasteiger partial charge in [0.1, 0.15) is 0 Å². The molecule has 9 heteroatoms. The minimum Gasteiger partial charge on any atom is -0.452 e. The van der Waals surface area contributed by atoms with Crippen LogP contribution in [0.5, 0.6) is 0 Å². The van der Waals surface area contributed by atoms with Gasteiger partial charge in [0.05, 0.1) is 11.3 Å². The zero-order valence-electron chi connectivity index (χ0n) is 21.3. The van der Waals surface area contributed by atoms with Crippen molar-refractivity contribution in [1.82, 2.24) is 10.9 Å². The number of benzene rings is 2. The molecule has 2 aromatic carbocycles. The Labute approximate surface area is 223 Å². The Bertz CT molecular complexity index is 1030. The number of carbonyl (C=O) groups excluding carboxylic acids is 4. The number of hydrogen-bond acceptors (Lipinski definition) is 5. The molecule has 0 atom stereocenters. The third kappa shape index (κ3) is 11.9. The smallest absolute Gasteiger partial charge is 0.340 e. The summed E-state index contributed by atoms with van der Waals surface area (Å²) in [5.41, 5.74) is 5.18. The highest BCUT2D eigenvalue weighted by atomic mass is 35.5. The lowest BCUT2D eigenvalue weighted by Gasteiger charge is -2.11. The molecule has 200 valence electrons. The second-order valence-corrected chi connectivity index (χ2v) is 9.19. The molecule has 0 fully saturated rings. The maximum absolute atomic E-state index is 12.5. The molecule has 0 radical (unpaired) electrons. The van der Waals surface area contributed by atoms with E-state index in [1.165, 1.54) is 56.7 Å². The maximum Gasteiger partial charge on any atom is 0.340 e. The molecule has 8 nitrogen and oxygen atoms in total. The van der Waals surface area contributed by atoms with Crippen molar-refractivity contribution in [3.8, 4) is 0 Å². The van der Waals surface area contributed by atoms with Crippen molar-refractivity contribution in [2.45, 2.75) is 71.1 Å². The molecule has 0 saturated heterocycles. The Morgan fingerprint density at radius 3 is 2.05 bits per heavy atom. The van der Waals surface area contributed by atoms with Crippen molar-refractivity contribution >= 4 is 41.0 Å². The lowest BCUT2D eigenvalue weighted by Crippen LogP contribution is -2.43. The predicted molar refractivity (Wildman–Crippen MR) is 144 cm³/mol. The van der Waals surface area contributed by atoms with E-state index >= 15 is 0 Å². The van der Waals surface area contributed by atoms with Crippen LogP contribution in [0, 0.1) is 0 Å². The molecule has 0 aliphatic rings.